The molecule has 1 nitrogen and oxygen atoms in total. The van der Waals surface area contributed by atoms with Gasteiger partial charge >= 0.3 is 0 Å². The first-order chi connectivity index (χ1) is 9.75. The highest BCUT2D eigenvalue weighted by atomic mass is 32.1. The molecule has 1 unspecified atom stereocenters. The summed E-state index contributed by atoms with van der Waals surface area (Å²) >= 11 is 1.80. The van der Waals surface area contributed by atoms with Gasteiger partial charge in [-0.1, -0.05) is 49.6 Å². The quantitative estimate of drug-likeness (QED) is 0.807. The van der Waals surface area contributed by atoms with Gasteiger partial charge in [0.1, 0.15) is 0 Å². The molecule has 1 N–H and O–H groups in total. The number of benzene rings is 1. The Bertz CT molecular complexity index is 552. The van der Waals surface area contributed by atoms with Crippen molar-refractivity contribution in [3.8, 4) is 10.4 Å². The normalized spacial score (nSPS) is 18.1. The van der Waals surface area contributed by atoms with E-state index in [9.17, 15) is 5.11 Å². The molecular weight excluding hydrogens is 264 g/mol. The van der Waals surface area contributed by atoms with E-state index in [2.05, 4.69) is 37.3 Å². The van der Waals surface area contributed by atoms with Crippen LogP contribution < -0.4 is 0 Å². The monoisotopic (exact) mass is 286 g/mol. The van der Waals surface area contributed by atoms with Gasteiger partial charge in [0.15, 0.2) is 0 Å². The van der Waals surface area contributed by atoms with Crippen LogP contribution in [0.2, 0.25) is 0 Å². The lowest BCUT2D eigenvalue weighted by molar-refractivity contribution is 0.0847. The molecule has 1 aliphatic rings. The van der Waals surface area contributed by atoms with Gasteiger partial charge < -0.3 is 5.11 Å². The minimum absolute atomic E-state index is 0.274. The molecule has 2 aromatic rings. The molecule has 1 atom stereocenters. The summed E-state index contributed by atoms with van der Waals surface area (Å²) in [6.45, 7) is 2.14. The van der Waals surface area contributed by atoms with Crippen LogP contribution in [0.3, 0.4) is 0 Å². The molecule has 3 rings (SSSR count). The fourth-order valence-corrected chi connectivity index (χ4v) is 4.31. The largest absolute Gasteiger partial charge is 0.388 e. The number of rotatable bonds is 3. The standard InChI is InChI=1S/C18H22OS/c1-13-16(18(19)15-10-6-3-7-11-15)12-17(20-13)14-8-4-2-5-9-14/h2,4-5,8-9,12,15,18-19H,3,6-7,10-11H2,1H3. The summed E-state index contributed by atoms with van der Waals surface area (Å²) < 4.78 is 0. The Morgan fingerprint density at radius 1 is 1.10 bits per heavy atom. The average Bonchev–Trinajstić information content (AvgIpc) is 2.90. The summed E-state index contributed by atoms with van der Waals surface area (Å²) in [4.78, 5) is 2.54. The molecule has 1 fully saturated rings. The number of aliphatic hydroxyl groups is 1. The summed E-state index contributed by atoms with van der Waals surface area (Å²) in [6.07, 6.45) is 5.96. The minimum atomic E-state index is -0.274. The minimum Gasteiger partial charge on any atom is -0.388 e. The SMILES string of the molecule is Cc1sc(-c2ccccc2)cc1C(O)C1CCCCC1. The van der Waals surface area contributed by atoms with Crippen LogP contribution in [0, 0.1) is 12.8 Å². The van der Waals surface area contributed by atoms with Gasteiger partial charge in [0.2, 0.25) is 0 Å². The van der Waals surface area contributed by atoms with Gasteiger partial charge in [-0.25, -0.2) is 0 Å². The van der Waals surface area contributed by atoms with E-state index in [4.69, 9.17) is 0 Å². The smallest absolute Gasteiger partial charge is 0.0829 e. The van der Waals surface area contributed by atoms with Crippen molar-refractivity contribution in [2.45, 2.75) is 45.1 Å². The molecule has 0 aliphatic heterocycles. The molecule has 1 aliphatic carbocycles. The Labute approximate surface area is 125 Å². The molecule has 2 heteroatoms. The van der Waals surface area contributed by atoms with Crippen molar-refractivity contribution in [2.75, 3.05) is 0 Å². The molecule has 0 spiro atoms. The van der Waals surface area contributed by atoms with E-state index in [0.717, 1.165) is 5.56 Å². The predicted octanol–water partition coefficient (Wildman–Crippen LogP) is 5.34. The van der Waals surface area contributed by atoms with E-state index in [1.54, 1.807) is 11.3 Å². The van der Waals surface area contributed by atoms with Crippen LogP contribution in [0.25, 0.3) is 10.4 Å². The summed E-state index contributed by atoms with van der Waals surface area (Å²) in [6, 6.07) is 12.7. The van der Waals surface area contributed by atoms with Gasteiger partial charge in [-0.05, 0) is 42.9 Å². The van der Waals surface area contributed by atoms with Gasteiger partial charge in [-0.15, -0.1) is 11.3 Å². The summed E-state index contributed by atoms with van der Waals surface area (Å²) in [7, 11) is 0. The van der Waals surface area contributed by atoms with Crippen LogP contribution >= 0.6 is 11.3 Å². The van der Waals surface area contributed by atoms with Crippen LogP contribution in [-0.2, 0) is 0 Å². The summed E-state index contributed by atoms with van der Waals surface area (Å²) in [5.41, 5.74) is 2.41. The molecule has 106 valence electrons. The molecule has 20 heavy (non-hydrogen) atoms. The summed E-state index contributed by atoms with van der Waals surface area (Å²) in [5, 5.41) is 10.7. The zero-order valence-corrected chi connectivity index (χ0v) is 12.8. The van der Waals surface area contributed by atoms with E-state index in [-0.39, 0.29) is 6.10 Å². The van der Waals surface area contributed by atoms with Crippen molar-refractivity contribution in [2.24, 2.45) is 5.92 Å². The number of aliphatic hydroxyl groups excluding tert-OH is 1. The van der Waals surface area contributed by atoms with Gasteiger partial charge in [-0.2, -0.15) is 0 Å². The van der Waals surface area contributed by atoms with E-state index in [1.807, 2.05) is 6.07 Å². The Kier molecular flexibility index (Phi) is 4.23. The lowest BCUT2D eigenvalue weighted by Gasteiger charge is -2.26. The van der Waals surface area contributed by atoms with E-state index in [1.165, 1.54) is 47.4 Å². The van der Waals surface area contributed by atoms with E-state index in [0.29, 0.717) is 5.92 Å². The number of aryl methyl sites for hydroxylation is 1. The van der Waals surface area contributed by atoms with Crippen LogP contribution in [0.5, 0.6) is 0 Å². The lowest BCUT2D eigenvalue weighted by atomic mass is 9.83. The number of hydrogen-bond acceptors (Lipinski definition) is 2. The molecule has 1 aromatic heterocycles. The first-order valence-corrected chi connectivity index (χ1v) is 8.41. The summed E-state index contributed by atoms with van der Waals surface area (Å²) in [5.74, 6) is 0.459. The average molecular weight is 286 g/mol. The third-order valence-electron chi connectivity index (χ3n) is 4.43. The van der Waals surface area contributed by atoms with E-state index >= 15 is 0 Å². The van der Waals surface area contributed by atoms with Crippen LogP contribution in [0.1, 0.15) is 48.6 Å². The van der Waals surface area contributed by atoms with Gasteiger partial charge in [0.05, 0.1) is 6.10 Å². The second-order valence-corrected chi connectivity index (χ2v) is 7.09. The van der Waals surface area contributed by atoms with Crippen molar-refractivity contribution in [1.82, 2.24) is 0 Å². The maximum absolute atomic E-state index is 10.7. The van der Waals surface area contributed by atoms with Crippen LogP contribution in [-0.4, -0.2) is 5.11 Å². The highest BCUT2D eigenvalue weighted by Crippen LogP contribution is 2.40. The Hall–Kier alpha value is -1.12. The maximum atomic E-state index is 10.7. The fraction of sp³-hybridized carbons (Fsp3) is 0.444. The van der Waals surface area contributed by atoms with Crippen molar-refractivity contribution < 1.29 is 5.11 Å². The third-order valence-corrected chi connectivity index (χ3v) is 5.54. The zero-order chi connectivity index (χ0) is 13.9. The highest BCUT2D eigenvalue weighted by Gasteiger charge is 2.25. The van der Waals surface area contributed by atoms with E-state index < -0.39 is 0 Å². The first kappa shape index (κ1) is 13.8. The van der Waals surface area contributed by atoms with Crippen LogP contribution in [0.4, 0.5) is 0 Å². The van der Waals surface area contributed by atoms with Crippen molar-refractivity contribution >= 4 is 11.3 Å². The van der Waals surface area contributed by atoms with Gasteiger partial charge in [-0.3, -0.25) is 0 Å². The molecule has 1 saturated carbocycles. The predicted molar refractivity (Wildman–Crippen MR) is 86.0 cm³/mol. The second kappa shape index (κ2) is 6.11. The van der Waals surface area contributed by atoms with Gasteiger partial charge in [0.25, 0.3) is 0 Å². The molecule has 1 aromatic carbocycles. The Balaban J connectivity index is 1.85. The van der Waals surface area contributed by atoms with Gasteiger partial charge in [0, 0.05) is 9.75 Å². The molecule has 0 amide bonds. The van der Waals surface area contributed by atoms with Crippen molar-refractivity contribution in [1.29, 1.82) is 0 Å². The van der Waals surface area contributed by atoms with Crippen LogP contribution in [0.15, 0.2) is 36.4 Å². The topological polar surface area (TPSA) is 20.2 Å². The highest BCUT2D eigenvalue weighted by molar-refractivity contribution is 7.15. The third kappa shape index (κ3) is 2.82. The Morgan fingerprint density at radius 2 is 1.80 bits per heavy atom. The molecule has 0 bridgehead atoms. The second-order valence-electron chi connectivity index (χ2n) is 5.83. The number of thiophene rings is 1. The first-order valence-electron chi connectivity index (χ1n) is 7.59. The molecule has 1 heterocycles. The van der Waals surface area contributed by atoms with Crippen molar-refractivity contribution in [3.63, 3.8) is 0 Å². The zero-order valence-electron chi connectivity index (χ0n) is 12.0. The fourth-order valence-electron chi connectivity index (χ4n) is 3.24. The lowest BCUT2D eigenvalue weighted by Crippen LogP contribution is -2.15. The number of hydrogen-bond donors (Lipinski definition) is 1. The van der Waals surface area contributed by atoms with Crippen molar-refractivity contribution in [3.05, 3.63) is 46.8 Å². The molecule has 0 radical (unpaired) electrons. The maximum Gasteiger partial charge on any atom is 0.0829 e. The Morgan fingerprint density at radius 3 is 2.50 bits per heavy atom. The molecular formula is C18H22OS. The molecule has 0 saturated heterocycles.